The summed E-state index contributed by atoms with van der Waals surface area (Å²) in [5, 5.41) is 2.88. The fourth-order valence-corrected chi connectivity index (χ4v) is 4.81. The van der Waals surface area contributed by atoms with Crippen molar-refractivity contribution in [3.63, 3.8) is 0 Å². The Labute approximate surface area is 220 Å². The number of rotatable bonds is 6. The van der Waals surface area contributed by atoms with Crippen LogP contribution >= 0.6 is 0 Å². The van der Waals surface area contributed by atoms with Crippen molar-refractivity contribution in [2.45, 2.75) is 13.1 Å². The van der Waals surface area contributed by atoms with Gasteiger partial charge in [0.15, 0.2) is 23.1 Å². The summed E-state index contributed by atoms with van der Waals surface area (Å²) in [5.41, 5.74) is 3.25. The van der Waals surface area contributed by atoms with Crippen molar-refractivity contribution in [1.29, 1.82) is 0 Å². The highest BCUT2D eigenvalue weighted by atomic mass is 19.1. The van der Waals surface area contributed by atoms with Gasteiger partial charge in [-0.15, -0.1) is 0 Å². The maximum absolute atomic E-state index is 15.0. The largest absolute Gasteiger partial charge is 0.494 e. The summed E-state index contributed by atoms with van der Waals surface area (Å²) in [6, 6.07) is 13.8. The molecular formula is C29H30F2N4O3. The summed E-state index contributed by atoms with van der Waals surface area (Å²) in [7, 11) is 4.76. The number of likely N-dealkylation sites (N-methyl/N-ethyl adjacent to an activating group) is 1. The Balaban J connectivity index is 1.29. The Morgan fingerprint density at radius 2 is 1.61 bits per heavy atom. The summed E-state index contributed by atoms with van der Waals surface area (Å²) in [4.78, 5) is 22.1. The van der Waals surface area contributed by atoms with Gasteiger partial charge in [0, 0.05) is 49.9 Å². The van der Waals surface area contributed by atoms with Gasteiger partial charge in [0.2, 0.25) is 0 Å². The molecular weight excluding hydrogens is 490 g/mol. The Kier molecular flexibility index (Phi) is 7.40. The van der Waals surface area contributed by atoms with Crippen LogP contribution in [0.3, 0.4) is 0 Å². The molecule has 1 amide bonds. The van der Waals surface area contributed by atoms with Crippen LogP contribution in [0.2, 0.25) is 0 Å². The van der Waals surface area contributed by atoms with Gasteiger partial charge in [-0.2, -0.15) is 0 Å². The molecule has 0 bridgehead atoms. The number of carbonyl (C=O) groups is 1. The van der Waals surface area contributed by atoms with Crippen LogP contribution in [0.25, 0.3) is 11.1 Å². The molecule has 2 aliphatic rings. The van der Waals surface area contributed by atoms with E-state index in [1.54, 1.807) is 18.2 Å². The lowest BCUT2D eigenvalue weighted by Gasteiger charge is -2.32. The summed E-state index contributed by atoms with van der Waals surface area (Å²) >= 11 is 0. The lowest BCUT2D eigenvalue weighted by atomic mass is 9.98. The predicted octanol–water partition coefficient (Wildman–Crippen LogP) is 4.09. The van der Waals surface area contributed by atoms with Crippen LogP contribution in [-0.4, -0.2) is 69.0 Å². The molecule has 0 unspecified atom stereocenters. The highest BCUT2D eigenvalue weighted by Gasteiger charge is 2.24. The van der Waals surface area contributed by atoms with Crippen molar-refractivity contribution in [3.05, 3.63) is 82.4 Å². The minimum atomic E-state index is -0.811. The molecule has 1 N–H and O–H groups in total. The van der Waals surface area contributed by atoms with Gasteiger partial charge < -0.3 is 19.7 Å². The topological polar surface area (TPSA) is 66.4 Å². The van der Waals surface area contributed by atoms with Crippen LogP contribution in [0.4, 0.5) is 8.78 Å². The van der Waals surface area contributed by atoms with Crippen LogP contribution in [0.1, 0.15) is 27.0 Å². The maximum atomic E-state index is 15.0. The maximum Gasteiger partial charge on any atom is 0.256 e. The molecule has 3 aromatic carbocycles. The van der Waals surface area contributed by atoms with Crippen molar-refractivity contribution in [2.24, 2.45) is 4.99 Å². The molecule has 38 heavy (non-hydrogen) atoms. The van der Waals surface area contributed by atoms with Crippen LogP contribution in [0.15, 0.2) is 53.5 Å². The van der Waals surface area contributed by atoms with Gasteiger partial charge >= 0.3 is 0 Å². The van der Waals surface area contributed by atoms with Gasteiger partial charge in [-0.3, -0.25) is 14.7 Å². The number of benzene rings is 3. The third-order valence-corrected chi connectivity index (χ3v) is 7.08. The highest BCUT2D eigenvalue weighted by molar-refractivity contribution is 6.14. The molecule has 198 valence electrons. The zero-order chi connectivity index (χ0) is 26.8. The third-order valence-electron chi connectivity index (χ3n) is 7.08. The quantitative estimate of drug-likeness (QED) is 0.531. The molecule has 2 heterocycles. The molecule has 0 atom stereocenters. The number of amides is 1. The predicted molar refractivity (Wildman–Crippen MR) is 142 cm³/mol. The minimum absolute atomic E-state index is 0.113. The van der Waals surface area contributed by atoms with Gasteiger partial charge in [0.25, 0.3) is 5.91 Å². The Bertz CT molecular complexity index is 1360. The van der Waals surface area contributed by atoms with Crippen LogP contribution < -0.4 is 14.8 Å². The van der Waals surface area contributed by atoms with Gasteiger partial charge in [-0.05, 0) is 41.9 Å². The Hall–Kier alpha value is -3.82. The second kappa shape index (κ2) is 10.9. The average Bonchev–Trinajstić information content (AvgIpc) is 3.32. The van der Waals surface area contributed by atoms with E-state index in [2.05, 4.69) is 27.2 Å². The first-order valence-electron chi connectivity index (χ1n) is 12.5. The number of methoxy groups -OCH3 is 2. The molecule has 0 saturated carbocycles. The van der Waals surface area contributed by atoms with Crippen molar-refractivity contribution < 1.29 is 23.0 Å². The number of amidine groups is 1. The highest BCUT2D eigenvalue weighted by Crippen LogP contribution is 2.38. The molecule has 9 heteroatoms. The van der Waals surface area contributed by atoms with Crippen molar-refractivity contribution in [2.75, 3.05) is 47.4 Å². The molecule has 3 aromatic rings. The molecule has 0 radical (unpaired) electrons. The SMILES string of the molecule is COc1cc(OC)c(F)c(-c2ccc3c(c2)CN=C3NC(=O)c2ccc(CN3CCN(C)CC3)cc2)c1F. The van der Waals surface area contributed by atoms with E-state index < -0.39 is 11.6 Å². The number of hydrogen-bond donors (Lipinski definition) is 1. The monoisotopic (exact) mass is 520 g/mol. The van der Waals surface area contributed by atoms with Gasteiger partial charge in [0.05, 0.1) is 26.3 Å². The van der Waals surface area contributed by atoms with E-state index >= 15 is 0 Å². The number of halogens is 2. The number of hydrogen-bond acceptors (Lipinski definition) is 6. The van der Waals surface area contributed by atoms with Gasteiger partial charge in [0.1, 0.15) is 5.84 Å². The Morgan fingerprint density at radius 1 is 0.947 bits per heavy atom. The fourth-order valence-electron chi connectivity index (χ4n) is 4.81. The number of ether oxygens (including phenoxy) is 2. The molecule has 2 aliphatic heterocycles. The number of nitrogens with one attached hydrogen (secondary N) is 1. The van der Waals surface area contributed by atoms with Crippen molar-refractivity contribution in [1.82, 2.24) is 15.1 Å². The number of carbonyl (C=O) groups excluding carboxylic acids is 1. The molecule has 0 aliphatic carbocycles. The van der Waals surface area contributed by atoms with E-state index in [9.17, 15) is 13.6 Å². The minimum Gasteiger partial charge on any atom is -0.494 e. The van der Waals surface area contributed by atoms with Gasteiger partial charge in [-0.25, -0.2) is 8.78 Å². The summed E-state index contributed by atoms with van der Waals surface area (Å²) in [6.45, 7) is 5.33. The molecule has 1 fully saturated rings. The van der Waals surface area contributed by atoms with Crippen LogP contribution in [0, 0.1) is 11.6 Å². The Morgan fingerprint density at radius 3 is 2.24 bits per heavy atom. The van der Waals surface area contributed by atoms with E-state index in [1.807, 2.05) is 24.3 Å². The number of aliphatic imine (C=N–C) groups is 1. The lowest BCUT2D eigenvalue weighted by molar-refractivity contribution is 0.0977. The summed E-state index contributed by atoms with van der Waals surface area (Å²) < 4.78 is 40.1. The molecule has 0 aromatic heterocycles. The molecule has 7 nitrogen and oxygen atoms in total. The number of piperazine rings is 1. The molecule has 1 saturated heterocycles. The van der Waals surface area contributed by atoms with E-state index in [0.29, 0.717) is 22.5 Å². The van der Waals surface area contributed by atoms with E-state index in [-0.39, 0.29) is 29.5 Å². The lowest BCUT2D eigenvalue weighted by Crippen LogP contribution is -2.43. The van der Waals surface area contributed by atoms with E-state index in [0.717, 1.165) is 43.9 Å². The van der Waals surface area contributed by atoms with Crippen LogP contribution in [0.5, 0.6) is 11.5 Å². The number of fused-ring (bicyclic) bond motifs is 1. The van der Waals surface area contributed by atoms with Crippen molar-refractivity contribution in [3.8, 4) is 22.6 Å². The zero-order valence-corrected chi connectivity index (χ0v) is 21.7. The van der Waals surface area contributed by atoms with Crippen LogP contribution in [-0.2, 0) is 13.1 Å². The summed E-state index contributed by atoms with van der Waals surface area (Å²) in [5.74, 6) is -1.68. The number of nitrogens with zero attached hydrogens (tertiary/aromatic N) is 3. The standard InChI is InChI=1S/C29H30F2N4O3/c1-34-10-12-35(13-11-34)17-18-4-6-19(7-5-18)29(36)33-28-22-9-8-20(14-21(22)16-32-28)25-26(30)23(37-2)15-24(38-3)27(25)31/h4-9,14-15H,10-13,16-17H2,1-3H3,(H,32,33,36). The van der Waals surface area contributed by atoms with Gasteiger partial charge in [-0.1, -0.05) is 24.3 Å². The third kappa shape index (κ3) is 5.12. The fraction of sp³-hybridized carbons (Fsp3) is 0.310. The smallest absolute Gasteiger partial charge is 0.256 e. The normalized spacial score (nSPS) is 15.7. The first kappa shape index (κ1) is 25.8. The first-order valence-corrected chi connectivity index (χ1v) is 12.5. The first-order chi connectivity index (χ1) is 18.4. The van der Waals surface area contributed by atoms with E-state index in [4.69, 9.17) is 9.47 Å². The van der Waals surface area contributed by atoms with Crippen molar-refractivity contribution >= 4 is 11.7 Å². The van der Waals surface area contributed by atoms with E-state index in [1.165, 1.54) is 20.3 Å². The summed E-state index contributed by atoms with van der Waals surface area (Å²) in [6.07, 6.45) is 0. The second-order valence-electron chi connectivity index (χ2n) is 9.55. The average molecular weight is 521 g/mol. The second-order valence-corrected chi connectivity index (χ2v) is 9.55. The zero-order valence-electron chi connectivity index (χ0n) is 21.7. The molecule has 0 spiro atoms. The molecule has 5 rings (SSSR count).